The van der Waals surface area contributed by atoms with E-state index in [1.54, 1.807) is 30.3 Å². The molecule has 0 aliphatic heterocycles. The van der Waals surface area contributed by atoms with Gasteiger partial charge in [0.2, 0.25) is 5.91 Å². The molecule has 0 atom stereocenters. The number of nitrogens with one attached hydrogen (secondary N) is 2. The molecule has 0 bridgehead atoms. The van der Waals surface area contributed by atoms with Gasteiger partial charge >= 0.3 is 0 Å². The maximum Gasteiger partial charge on any atom is 0.243 e. The summed E-state index contributed by atoms with van der Waals surface area (Å²) in [5.41, 5.74) is 2.92. The van der Waals surface area contributed by atoms with Crippen molar-refractivity contribution in [2.45, 2.75) is 6.61 Å². The van der Waals surface area contributed by atoms with Gasteiger partial charge in [0, 0.05) is 5.69 Å². The van der Waals surface area contributed by atoms with Crippen LogP contribution in [0.15, 0.2) is 78.9 Å². The van der Waals surface area contributed by atoms with Crippen LogP contribution in [0.3, 0.4) is 0 Å². The van der Waals surface area contributed by atoms with E-state index in [2.05, 4.69) is 16.7 Å². The first-order valence-corrected chi connectivity index (χ1v) is 8.54. The third-order valence-corrected chi connectivity index (χ3v) is 3.87. The quantitative estimate of drug-likeness (QED) is 0.665. The van der Waals surface area contributed by atoms with Crippen molar-refractivity contribution < 1.29 is 9.53 Å². The van der Waals surface area contributed by atoms with Gasteiger partial charge in [-0.05, 0) is 42.0 Å². The Kier molecular flexibility index (Phi) is 6.05. The number of hydrogen-bond donors (Lipinski definition) is 2. The Morgan fingerprint density at radius 2 is 1.63 bits per heavy atom. The Morgan fingerprint density at radius 1 is 0.926 bits per heavy atom. The molecule has 1 amide bonds. The van der Waals surface area contributed by atoms with Gasteiger partial charge in [0.1, 0.15) is 18.4 Å². The first-order chi connectivity index (χ1) is 13.2. The zero-order valence-corrected chi connectivity index (χ0v) is 14.7. The predicted octanol–water partition coefficient (Wildman–Crippen LogP) is 4.19. The number of carbonyl (C=O) groups excluding carboxylic acids is 1. The second-order valence-electron chi connectivity index (χ2n) is 5.86. The molecule has 5 heteroatoms. The lowest BCUT2D eigenvalue weighted by Crippen LogP contribution is -2.22. The lowest BCUT2D eigenvalue weighted by molar-refractivity contribution is -0.114. The number of ether oxygens (including phenoxy) is 1. The monoisotopic (exact) mass is 357 g/mol. The summed E-state index contributed by atoms with van der Waals surface area (Å²) in [7, 11) is 0. The van der Waals surface area contributed by atoms with Crippen LogP contribution in [0, 0.1) is 11.3 Å². The molecule has 134 valence electrons. The standard InChI is InChI=1S/C22H19N3O2/c23-14-18-8-4-5-9-21(18)24-15-22(26)25-19-10-12-20(13-11-19)27-16-17-6-2-1-3-7-17/h1-13,24H,15-16H2,(H,25,26). The molecule has 5 nitrogen and oxygen atoms in total. The molecule has 0 spiro atoms. The summed E-state index contributed by atoms with van der Waals surface area (Å²) in [4.78, 5) is 12.1. The fraction of sp³-hybridized carbons (Fsp3) is 0.0909. The highest BCUT2D eigenvalue weighted by Gasteiger charge is 2.05. The molecule has 0 fully saturated rings. The normalized spacial score (nSPS) is 9.89. The largest absolute Gasteiger partial charge is 0.489 e. The van der Waals surface area contributed by atoms with Gasteiger partial charge in [-0.2, -0.15) is 5.26 Å². The van der Waals surface area contributed by atoms with Gasteiger partial charge in [-0.3, -0.25) is 4.79 Å². The summed E-state index contributed by atoms with van der Waals surface area (Å²) in [6.07, 6.45) is 0. The van der Waals surface area contributed by atoms with Gasteiger partial charge in [-0.1, -0.05) is 42.5 Å². The summed E-state index contributed by atoms with van der Waals surface area (Å²) < 4.78 is 5.73. The van der Waals surface area contributed by atoms with Crippen molar-refractivity contribution in [3.05, 3.63) is 90.0 Å². The van der Waals surface area contributed by atoms with Gasteiger partial charge < -0.3 is 15.4 Å². The van der Waals surface area contributed by atoms with E-state index in [4.69, 9.17) is 10.00 Å². The molecular weight excluding hydrogens is 338 g/mol. The van der Waals surface area contributed by atoms with Crippen LogP contribution in [0.4, 0.5) is 11.4 Å². The van der Waals surface area contributed by atoms with Crippen LogP contribution in [0.2, 0.25) is 0 Å². The Hall–Kier alpha value is -3.78. The molecule has 3 rings (SSSR count). The van der Waals surface area contributed by atoms with E-state index >= 15 is 0 Å². The predicted molar refractivity (Wildman–Crippen MR) is 105 cm³/mol. The number of nitriles is 1. The molecule has 0 radical (unpaired) electrons. The molecule has 0 saturated heterocycles. The lowest BCUT2D eigenvalue weighted by Gasteiger charge is -2.10. The second-order valence-corrected chi connectivity index (χ2v) is 5.86. The number of amides is 1. The van der Waals surface area contributed by atoms with Gasteiger partial charge in [0.05, 0.1) is 17.8 Å². The van der Waals surface area contributed by atoms with Gasteiger partial charge in [0.25, 0.3) is 0 Å². The molecule has 0 heterocycles. The van der Waals surface area contributed by atoms with Crippen molar-refractivity contribution in [1.82, 2.24) is 0 Å². The Bertz CT molecular complexity index is 932. The first kappa shape index (κ1) is 18.0. The number of hydrogen-bond acceptors (Lipinski definition) is 4. The van der Waals surface area contributed by atoms with E-state index in [9.17, 15) is 4.79 Å². The summed E-state index contributed by atoms with van der Waals surface area (Å²) in [5.74, 6) is 0.540. The van der Waals surface area contributed by atoms with Crippen LogP contribution in [0.25, 0.3) is 0 Å². The molecule has 0 aliphatic rings. The number of rotatable bonds is 7. The molecule has 2 N–H and O–H groups in total. The zero-order valence-electron chi connectivity index (χ0n) is 14.7. The zero-order chi connectivity index (χ0) is 18.9. The SMILES string of the molecule is N#Cc1ccccc1NCC(=O)Nc1ccc(OCc2ccccc2)cc1. The van der Waals surface area contributed by atoms with E-state index < -0.39 is 0 Å². The molecule has 3 aromatic carbocycles. The van der Waals surface area contributed by atoms with E-state index in [-0.39, 0.29) is 12.5 Å². The van der Waals surface area contributed by atoms with Crippen LogP contribution >= 0.6 is 0 Å². The van der Waals surface area contributed by atoms with Crippen molar-refractivity contribution in [1.29, 1.82) is 5.26 Å². The van der Waals surface area contributed by atoms with Gasteiger partial charge in [0.15, 0.2) is 0 Å². The molecule has 27 heavy (non-hydrogen) atoms. The fourth-order valence-corrected chi connectivity index (χ4v) is 2.49. The van der Waals surface area contributed by atoms with Gasteiger partial charge in [-0.25, -0.2) is 0 Å². The number of anilines is 2. The highest BCUT2D eigenvalue weighted by molar-refractivity contribution is 5.93. The highest BCUT2D eigenvalue weighted by atomic mass is 16.5. The average molecular weight is 357 g/mol. The van der Waals surface area contributed by atoms with Crippen molar-refractivity contribution in [3.8, 4) is 11.8 Å². The third kappa shape index (κ3) is 5.35. The lowest BCUT2D eigenvalue weighted by atomic mass is 10.2. The van der Waals surface area contributed by atoms with Crippen LogP contribution in [0.5, 0.6) is 5.75 Å². The number of para-hydroxylation sites is 1. The Morgan fingerprint density at radius 3 is 2.37 bits per heavy atom. The van der Waals surface area contributed by atoms with Crippen LogP contribution in [0.1, 0.15) is 11.1 Å². The second kappa shape index (κ2) is 9.07. The molecule has 3 aromatic rings. The van der Waals surface area contributed by atoms with E-state index in [0.29, 0.717) is 23.5 Å². The molecular formula is C22H19N3O2. The Labute approximate surface area is 158 Å². The smallest absolute Gasteiger partial charge is 0.243 e. The molecule has 0 aromatic heterocycles. The van der Waals surface area contributed by atoms with E-state index in [1.165, 1.54) is 0 Å². The highest BCUT2D eigenvalue weighted by Crippen LogP contribution is 2.17. The number of nitrogens with zero attached hydrogens (tertiary/aromatic N) is 1. The average Bonchev–Trinajstić information content (AvgIpc) is 2.72. The van der Waals surface area contributed by atoms with Crippen LogP contribution < -0.4 is 15.4 Å². The van der Waals surface area contributed by atoms with E-state index in [1.807, 2.05) is 48.5 Å². The Balaban J connectivity index is 1.49. The maximum absolute atomic E-state index is 12.1. The third-order valence-electron chi connectivity index (χ3n) is 3.87. The van der Waals surface area contributed by atoms with E-state index in [0.717, 1.165) is 11.3 Å². The molecule has 0 saturated carbocycles. The van der Waals surface area contributed by atoms with Crippen molar-refractivity contribution in [2.24, 2.45) is 0 Å². The maximum atomic E-state index is 12.1. The first-order valence-electron chi connectivity index (χ1n) is 8.54. The number of carbonyl (C=O) groups is 1. The van der Waals surface area contributed by atoms with Crippen LogP contribution in [-0.4, -0.2) is 12.5 Å². The minimum atomic E-state index is -0.194. The summed E-state index contributed by atoms with van der Waals surface area (Å²) in [6, 6.07) is 26.3. The topological polar surface area (TPSA) is 74.2 Å². The van der Waals surface area contributed by atoms with Crippen molar-refractivity contribution in [3.63, 3.8) is 0 Å². The fourth-order valence-electron chi connectivity index (χ4n) is 2.49. The molecule has 0 unspecified atom stereocenters. The van der Waals surface area contributed by atoms with Gasteiger partial charge in [-0.15, -0.1) is 0 Å². The van der Waals surface area contributed by atoms with Crippen molar-refractivity contribution >= 4 is 17.3 Å². The minimum Gasteiger partial charge on any atom is -0.489 e. The number of benzene rings is 3. The van der Waals surface area contributed by atoms with Crippen LogP contribution in [-0.2, 0) is 11.4 Å². The van der Waals surface area contributed by atoms with Crippen molar-refractivity contribution in [2.75, 3.05) is 17.2 Å². The summed E-state index contributed by atoms with van der Waals surface area (Å²) >= 11 is 0. The molecule has 0 aliphatic carbocycles. The minimum absolute atomic E-state index is 0.0744. The summed E-state index contributed by atoms with van der Waals surface area (Å²) in [6.45, 7) is 0.569. The summed E-state index contributed by atoms with van der Waals surface area (Å²) in [5, 5.41) is 14.8.